The summed E-state index contributed by atoms with van der Waals surface area (Å²) in [6.07, 6.45) is -1.30. The van der Waals surface area contributed by atoms with E-state index in [1.54, 1.807) is 21.1 Å². The van der Waals surface area contributed by atoms with Gasteiger partial charge in [0.15, 0.2) is 5.17 Å². The Labute approximate surface area is 122 Å². The summed E-state index contributed by atoms with van der Waals surface area (Å²) in [5, 5.41) is 14.3. The highest BCUT2D eigenvalue weighted by Gasteiger charge is 2.47. The van der Waals surface area contributed by atoms with Crippen molar-refractivity contribution in [3.8, 4) is 0 Å². The number of fused-ring (bicyclic) bond motifs is 1. The van der Waals surface area contributed by atoms with Crippen LogP contribution in [-0.2, 0) is 9.47 Å². The standard InChI is InChI=1S/C12H21N3O4S/c1-6-7(5-18-12(17)15(3)4)19-10-8(9(6)16)14-11(13-2)20-10/h6-10,16H,5H2,1-4H3,(H,13,14). The first kappa shape index (κ1) is 15.4. The van der Waals surface area contributed by atoms with Crippen molar-refractivity contribution < 1.29 is 19.4 Å². The minimum Gasteiger partial charge on any atom is -0.447 e. The molecule has 5 unspecified atom stereocenters. The third kappa shape index (κ3) is 3.02. The van der Waals surface area contributed by atoms with E-state index in [0.29, 0.717) is 0 Å². The summed E-state index contributed by atoms with van der Waals surface area (Å²) >= 11 is 1.45. The molecular formula is C12H21N3O4S. The lowest BCUT2D eigenvalue weighted by Gasteiger charge is -2.39. The molecule has 2 aliphatic rings. The third-order valence-corrected chi connectivity index (χ3v) is 4.71. The van der Waals surface area contributed by atoms with Gasteiger partial charge in [0.2, 0.25) is 0 Å². The molecule has 0 bridgehead atoms. The molecule has 0 radical (unpaired) electrons. The molecule has 0 spiro atoms. The topological polar surface area (TPSA) is 83.4 Å². The van der Waals surface area contributed by atoms with Crippen molar-refractivity contribution in [2.75, 3.05) is 27.7 Å². The average molecular weight is 303 g/mol. The number of rotatable bonds is 2. The molecule has 0 aromatic heterocycles. The maximum Gasteiger partial charge on any atom is 0.409 e. The Morgan fingerprint density at radius 1 is 1.60 bits per heavy atom. The largest absolute Gasteiger partial charge is 0.447 e. The second kappa shape index (κ2) is 6.19. The first-order valence-electron chi connectivity index (χ1n) is 6.51. The summed E-state index contributed by atoms with van der Waals surface area (Å²) in [6, 6.07) is -0.172. The predicted octanol–water partition coefficient (Wildman–Crippen LogP) is 0.0973. The highest BCUT2D eigenvalue weighted by Crippen LogP contribution is 2.36. The van der Waals surface area contributed by atoms with Crippen molar-refractivity contribution in [1.29, 1.82) is 0 Å². The van der Waals surface area contributed by atoms with Gasteiger partial charge in [-0.2, -0.15) is 0 Å². The second-order valence-corrected chi connectivity index (χ2v) is 6.27. The van der Waals surface area contributed by atoms with Crippen LogP contribution < -0.4 is 5.32 Å². The maximum atomic E-state index is 11.4. The molecule has 2 rings (SSSR count). The summed E-state index contributed by atoms with van der Waals surface area (Å²) in [7, 11) is 4.94. The fourth-order valence-electron chi connectivity index (χ4n) is 2.22. The maximum absolute atomic E-state index is 11.4. The monoisotopic (exact) mass is 303 g/mol. The van der Waals surface area contributed by atoms with E-state index in [9.17, 15) is 9.90 Å². The lowest BCUT2D eigenvalue weighted by Crippen LogP contribution is -2.56. The summed E-state index contributed by atoms with van der Waals surface area (Å²) < 4.78 is 11.1. The number of amidine groups is 1. The van der Waals surface area contributed by atoms with Crippen LogP contribution in [0.15, 0.2) is 4.99 Å². The highest BCUT2D eigenvalue weighted by atomic mass is 32.2. The van der Waals surface area contributed by atoms with Crippen LogP contribution in [0.2, 0.25) is 0 Å². The number of thioether (sulfide) groups is 1. The normalized spacial score (nSPS) is 38.2. The van der Waals surface area contributed by atoms with Crippen molar-refractivity contribution in [2.24, 2.45) is 10.9 Å². The lowest BCUT2D eigenvalue weighted by atomic mass is 9.90. The zero-order valence-electron chi connectivity index (χ0n) is 12.1. The average Bonchev–Trinajstić information content (AvgIpc) is 2.84. The van der Waals surface area contributed by atoms with Crippen molar-refractivity contribution in [1.82, 2.24) is 10.2 Å². The van der Waals surface area contributed by atoms with E-state index in [4.69, 9.17) is 9.47 Å². The van der Waals surface area contributed by atoms with Crippen LogP contribution in [0.1, 0.15) is 6.92 Å². The lowest BCUT2D eigenvalue weighted by molar-refractivity contribution is -0.129. The fourth-order valence-corrected chi connectivity index (χ4v) is 3.32. The van der Waals surface area contributed by atoms with E-state index in [1.165, 1.54) is 16.7 Å². The molecule has 8 heteroatoms. The molecule has 2 saturated heterocycles. The Balaban J connectivity index is 1.97. The predicted molar refractivity (Wildman–Crippen MR) is 76.7 cm³/mol. The van der Waals surface area contributed by atoms with Gasteiger partial charge in [0.05, 0.1) is 18.2 Å². The van der Waals surface area contributed by atoms with Gasteiger partial charge in [0.1, 0.15) is 12.0 Å². The van der Waals surface area contributed by atoms with Crippen molar-refractivity contribution >= 4 is 23.0 Å². The zero-order chi connectivity index (χ0) is 14.9. The smallest absolute Gasteiger partial charge is 0.409 e. The first-order valence-corrected chi connectivity index (χ1v) is 7.39. The number of nitrogens with zero attached hydrogens (tertiary/aromatic N) is 2. The van der Waals surface area contributed by atoms with Gasteiger partial charge in [-0.15, -0.1) is 0 Å². The molecule has 0 aromatic carbocycles. The highest BCUT2D eigenvalue weighted by molar-refractivity contribution is 8.14. The molecule has 2 N–H and O–H groups in total. The summed E-state index contributed by atoms with van der Waals surface area (Å²) in [5.41, 5.74) is -0.206. The number of nitrogens with one attached hydrogen (secondary N) is 1. The van der Waals surface area contributed by atoms with Crippen LogP contribution in [0.3, 0.4) is 0 Å². The number of aliphatic hydroxyl groups is 1. The number of aliphatic imine (C=N–C) groups is 1. The Hall–Kier alpha value is -0.990. The minimum atomic E-state index is -0.566. The van der Waals surface area contributed by atoms with Crippen LogP contribution in [0, 0.1) is 5.92 Å². The molecule has 2 fully saturated rings. The third-order valence-electron chi connectivity index (χ3n) is 3.55. The Bertz CT molecular complexity index is 404. The van der Waals surface area contributed by atoms with Crippen LogP contribution in [-0.4, -0.2) is 72.7 Å². The quantitative estimate of drug-likeness (QED) is 0.753. The van der Waals surface area contributed by atoms with Crippen molar-refractivity contribution in [3.05, 3.63) is 0 Å². The van der Waals surface area contributed by atoms with Gasteiger partial charge in [0, 0.05) is 27.1 Å². The van der Waals surface area contributed by atoms with Gasteiger partial charge in [0.25, 0.3) is 0 Å². The molecular weight excluding hydrogens is 282 g/mol. The van der Waals surface area contributed by atoms with Crippen LogP contribution in [0.4, 0.5) is 4.79 Å². The first-order chi connectivity index (χ1) is 9.43. The SMILES string of the molecule is CN=C1NC2C(OC(COC(=O)N(C)C)C(C)C2O)S1. The number of amides is 1. The summed E-state index contributed by atoms with van der Waals surface area (Å²) in [5.74, 6) is -0.129. The van der Waals surface area contributed by atoms with E-state index >= 15 is 0 Å². The van der Waals surface area contributed by atoms with Crippen LogP contribution in [0.5, 0.6) is 0 Å². The number of hydrogen-bond donors (Lipinski definition) is 2. The van der Waals surface area contributed by atoms with E-state index in [2.05, 4.69) is 10.3 Å². The Morgan fingerprint density at radius 3 is 2.90 bits per heavy atom. The molecule has 0 aliphatic carbocycles. The van der Waals surface area contributed by atoms with Crippen LogP contribution >= 0.6 is 11.8 Å². The van der Waals surface area contributed by atoms with Gasteiger partial charge in [-0.25, -0.2) is 4.79 Å². The zero-order valence-corrected chi connectivity index (χ0v) is 12.9. The summed E-state index contributed by atoms with van der Waals surface area (Å²) in [4.78, 5) is 16.9. The van der Waals surface area contributed by atoms with Crippen LogP contribution in [0.25, 0.3) is 0 Å². The number of carbonyl (C=O) groups excluding carboxylic acids is 1. The molecule has 20 heavy (non-hydrogen) atoms. The van der Waals surface area contributed by atoms with Crippen molar-refractivity contribution in [3.63, 3.8) is 0 Å². The second-order valence-electron chi connectivity index (χ2n) is 5.18. The van der Waals surface area contributed by atoms with E-state index < -0.39 is 12.2 Å². The fraction of sp³-hybridized carbons (Fsp3) is 0.833. The molecule has 7 nitrogen and oxygen atoms in total. The van der Waals surface area contributed by atoms with Gasteiger partial charge < -0.3 is 24.8 Å². The van der Waals surface area contributed by atoms with E-state index in [0.717, 1.165) is 5.17 Å². The molecule has 5 atom stereocenters. The Morgan fingerprint density at radius 2 is 2.30 bits per heavy atom. The number of carbonyl (C=O) groups is 1. The molecule has 1 amide bonds. The molecule has 2 aliphatic heterocycles. The minimum absolute atomic E-state index is 0.129. The molecule has 114 valence electrons. The molecule has 0 aromatic rings. The van der Waals surface area contributed by atoms with Gasteiger partial charge in [-0.05, 0) is 0 Å². The van der Waals surface area contributed by atoms with Crippen molar-refractivity contribution in [2.45, 2.75) is 30.6 Å². The van der Waals surface area contributed by atoms with E-state index in [1.807, 2.05) is 6.92 Å². The number of ether oxygens (including phenoxy) is 2. The number of aliphatic hydroxyl groups excluding tert-OH is 1. The van der Waals surface area contributed by atoms with Gasteiger partial charge in [-0.1, -0.05) is 18.7 Å². The number of hydrogen-bond acceptors (Lipinski definition) is 6. The van der Waals surface area contributed by atoms with E-state index in [-0.39, 0.29) is 30.1 Å². The van der Waals surface area contributed by atoms with Gasteiger partial charge in [-0.3, -0.25) is 4.99 Å². The molecule has 2 heterocycles. The molecule has 0 saturated carbocycles. The Kier molecular flexibility index (Phi) is 4.77. The summed E-state index contributed by atoms with van der Waals surface area (Å²) in [6.45, 7) is 2.03. The van der Waals surface area contributed by atoms with Gasteiger partial charge >= 0.3 is 6.09 Å².